The summed E-state index contributed by atoms with van der Waals surface area (Å²) in [5.41, 5.74) is 0.658. The lowest BCUT2D eigenvalue weighted by molar-refractivity contribution is -0.136. The molecule has 1 aliphatic carbocycles. The van der Waals surface area contributed by atoms with Crippen molar-refractivity contribution in [3.8, 4) is 0 Å². The molecule has 1 aliphatic heterocycles. The van der Waals surface area contributed by atoms with Crippen molar-refractivity contribution >= 4 is 23.4 Å². The maximum atomic E-state index is 13.1. The molecule has 0 aromatic heterocycles. The molecule has 5 nitrogen and oxygen atoms in total. The van der Waals surface area contributed by atoms with Gasteiger partial charge in [0.15, 0.2) is 0 Å². The second kappa shape index (κ2) is 7.34. The normalized spacial score (nSPS) is 19.8. The summed E-state index contributed by atoms with van der Waals surface area (Å²) in [6.07, 6.45) is 1.78. The van der Waals surface area contributed by atoms with Crippen molar-refractivity contribution < 1.29 is 9.59 Å². The molecule has 0 atom stereocenters. The monoisotopic (exact) mass is 363 g/mol. The first kappa shape index (κ1) is 18.2. The molecule has 2 fully saturated rings. The zero-order valence-corrected chi connectivity index (χ0v) is 15.7. The van der Waals surface area contributed by atoms with E-state index in [0.717, 1.165) is 31.5 Å². The second-order valence-electron chi connectivity index (χ2n) is 7.38. The van der Waals surface area contributed by atoms with Crippen LogP contribution in [0.3, 0.4) is 0 Å². The van der Waals surface area contributed by atoms with E-state index in [-0.39, 0.29) is 23.3 Å². The largest absolute Gasteiger partial charge is 0.353 e. The third-order valence-electron chi connectivity index (χ3n) is 5.01. The van der Waals surface area contributed by atoms with Gasteiger partial charge in [-0.15, -0.1) is 0 Å². The summed E-state index contributed by atoms with van der Waals surface area (Å²) < 4.78 is 0. The van der Waals surface area contributed by atoms with E-state index in [1.54, 1.807) is 0 Å². The van der Waals surface area contributed by atoms with Gasteiger partial charge >= 0.3 is 0 Å². The van der Waals surface area contributed by atoms with Gasteiger partial charge in [-0.1, -0.05) is 23.7 Å². The third-order valence-corrected chi connectivity index (χ3v) is 5.25. The number of piperazine rings is 1. The number of amides is 2. The minimum absolute atomic E-state index is 0.0485. The molecular formula is C19H26ClN3O2. The fourth-order valence-electron chi connectivity index (χ4n) is 3.52. The molecule has 3 rings (SSSR count). The minimum atomic E-state index is -0.373. The van der Waals surface area contributed by atoms with Crippen LogP contribution >= 0.6 is 11.6 Å². The van der Waals surface area contributed by atoms with Gasteiger partial charge in [-0.25, -0.2) is 0 Å². The minimum Gasteiger partial charge on any atom is -0.353 e. The van der Waals surface area contributed by atoms with Crippen LogP contribution in [-0.2, 0) is 15.0 Å². The average molecular weight is 364 g/mol. The van der Waals surface area contributed by atoms with E-state index in [2.05, 4.69) is 10.2 Å². The van der Waals surface area contributed by atoms with E-state index >= 15 is 0 Å². The van der Waals surface area contributed by atoms with Crippen molar-refractivity contribution in [2.24, 2.45) is 0 Å². The molecule has 1 saturated carbocycles. The Morgan fingerprint density at radius 2 is 1.88 bits per heavy atom. The van der Waals surface area contributed by atoms with Gasteiger partial charge in [-0.3, -0.25) is 14.5 Å². The second-order valence-corrected chi connectivity index (χ2v) is 7.82. The Balaban J connectivity index is 1.56. The van der Waals surface area contributed by atoms with Crippen LogP contribution in [-0.4, -0.2) is 60.4 Å². The van der Waals surface area contributed by atoms with Crippen molar-refractivity contribution in [2.75, 3.05) is 32.7 Å². The topological polar surface area (TPSA) is 52.7 Å². The fourth-order valence-corrected chi connectivity index (χ4v) is 3.71. The Hall–Kier alpha value is -1.59. The number of halogens is 1. The van der Waals surface area contributed by atoms with Crippen molar-refractivity contribution in [2.45, 2.75) is 38.1 Å². The number of nitrogens with zero attached hydrogens (tertiary/aromatic N) is 2. The fraction of sp³-hybridized carbons (Fsp3) is 0.579. The van der Waals surface area contributed by atoms with Gasteiger partial charge in [0, 0.05) is 37.2 Å². The van der Waals surface area contributed by atoms with Crippen LogP contribution < -0.4 is 5.32 Å². The maximum absolute atomic E-state index is 13.1. The summed E-state index contributed by atoms with van der Waals surface area (Å²) in [5.74, 6) is 0.258. The molecule has 1 aromatic carbocycles. The number of carbonyl (C=O) groups excluding carboxylic acids is 2. The highest BCUT2D eigenvalue weighted by atomic mass is 35.5. The van der Waals surface area contributed by atoms with Crippen molar-refractivity contribution in [1.29, 1.82) is 0 Å². The molecule has 0 unspecified atom stereocenters. The number of hydrogen-bond acceptors (Lipinski definition) is 3. The molecule has 136 valence electrons. The van der Waals surface area contributed by atoms with Gasteiger partial charge in [0.05, 0.1) is 12.0 Å². The van der Waals surface area contributed by atoms with Gasteiger partial charge in [0.2, 0.25) is 11.8 Å². The van der Waals surface area contributed by atoms with Gasteiger partial charge in [-0.05, 0) is 44.4 Å². The molecule has 2 amide bonds. The number of carbonyl (C=O) groups is 2. The summed E-state index contributed by atoms with van der Waals surface area (Å²) >= 11 is 6.10. The first-order valence-electron chi connectivity index (χ1n) is 8.98. The zero-order valence-electron chi connectivity index (χ0n) is 14.9. The third kappa shape index (κ3) is 4.15. The number of rotatable bonds is 5. The van der Waals surface area contributed by atoms with Crippen LogP contribution in [0.5, 0.6) is 0 Å². The van der Waals surface area contributed by atoms with Gasteiger partial charge in [0.25, 0.3) is 0 Å². The molecule has 1 N–H and O–H groups in total. The lowest BCUT2D eigenvalue weighted by Crippen LogP contribution is -2.53. The maximum Gasteiger partial charge on any atom is 0.234 e. The standard InChI is InChI=1S/C19H26ClN3O2/c1-14(2)21-17(24)13-22-8-10-23(11-9-22)18(25)19(6-7-19)15-4-3-5-16(20)12-15/h3-5,12,14H,6-11,13H2,1-2H3,(H,21,24). The van der Waals surface area contributed by atoms with Gasteiger partial charge in [-0.2, -0.15) is 0 Å². The Labute approximate surface area is 154 Å². The van der Waals surface area contributed by atoms with Crippen LogP contribution in [0.15, 0.2) is 24.3 Å². The Kier molecular flexibility index (Phi) is 5.35. The molecule has 1 heterocycles. The molecule has 0 radical (unpaired) electrons. The van der Waals surface area contributed by atoms with Crippen LogP contribution in [0.1, 0.15) is 32.3 Å². The van der Waals surface area contributed by atoms with Crippen molar-refractivity contribution in [3.05, 3.63) is 34.9 Å². The van der Waals surface area contributed by atoms with Gasteiger partial charge in [0.1, 0.15) is 0 Å². The first-order chi connectivity index (χ1) is 11.9. The highest BCUT2D eigenvalue weighted by molar-refractivity contribution is 6.30. The SMILES string of the molecule is CC(C)NC(=O)CN1CCN(C(=O)C2(c3cccc(Cl)c3)CC2)CC1. The lowest BCUT2D eigenvalue weighted by atomic mass is 9.94. The average Bonchev–Trinajstić information content (AvgIpc) is 3.36. The van der Waals surface area contributed by atoms with E-state index in [1.807, 2.05) is 43.0 Å². The first-order valence-corrected chi connectivity index (χ1v) is 9.36. The highest BCUT2D eigenvalue weighted by Gasteiger charge is 2.53. The van der Waals surface area contributed by atoms with E-state index in [4.69, 9.17) is 11.6 Å². The molecule has 2 aliphatic rings. The molecule has 25 heavy (non-hydrogen) atoms. The summed E-state index contributed by atoms with van der Waals surface area (Å²) in [7, 11) is 0. The Bertz CT molecular complexity index is 650. The summed E-state index contributed by atoms with van der Waals surface area (Å²) in [6.45, 7) is 7.15. The highest BCUT2D eigenvalue weighted by Crippen LogP contribution is 2.50. The van der Waals surface area contributed by atoms with Crippen LogP contribution in [0, 0.1) is 0 Å². The molecule has 0 spiro atoms. The quantitative estimate of drug-likeness (QED) is 0.871. The molecule has 6 heteroatoms. The molecule has 0 bridgehead atoms. The summed E-state index contributed by atoms with van der Waals surface area (Å²) in [6, 6.07) is 7.83. The predicted molar refractivity (Wildman–Crippen MR) is 98.7 cm³/mol. The van der Waals surface area contributed by atoms with E-state index in [1.165, 1.54) is 0 Å². The van der Waals surface area contributed by atoms with Crippen molar-refractivity contribution in [3.63, 3.8) is 0 Å². The number of hydrogen-bond donors (Lipinski definition) is 1. The van der Waals surface area contributed by atoms with Gasteiger partial charge < -0.3 is 10.2 Å². The summed E-state index contributed by atoms with van der Waals surface area (Å²) in [4.78, 5) is 29.0. The molecular weight excluding hydrogens is 338 g/mol. The zero-order chi connectivity index (χ0) is 18.0. The van der Waals surface area contributed by atoms with Crippen LogP contribution in [0.2, 0.25) is 5.02 Å². The lowest BCUT2D eigenvalue weighted by Gasteiger charge is -2.36. The van der Waals surface area contributed by atoms with E-state index < -0.39 is 0 Å². The van der Waals surface area contributed by atoms with Crippen LogP contribution in [0.25, 0.3) is 0 Å². The summed E-state index contributed by atoms with van der Waals surface area (Å²) in [5, 5.41) is 3.59. The number of nitrogens with one attached hydrogen (secondary N) is 1. The predicted octanol–water partition coefficient (Wildman–Crippen LogP) is 2.04. The molecule has 1 aromatic rings. The number of benzene rings is 1. The van der Waals surface area contributed by atoms with E-state index in [0.29, 0.717) is 24.7 Å². The Morgan fingerprint density at radius 3 is 2.44 bits per heavy atom. The Morgan fingerprint density at radius 1 is 1.20 bits per heavy atom. The van der Waals surface area contributed by atoms with Crippen molar-refractivity contribution in [1.82, 2.24) is 15.1 Å². The van der Waals surface area contributed by atoms with Crippen LogP contribution in [0.4, 0.5) is 0 Å². The van der Waals surface area contributed by atoms with E-state index in [9.17, 15) is 9.59 Å². The smallest absolute Gasteiger partial charge is 0.234 e. The molecule has 1 saturated heterocycles.